The Bertz CT molecular complexity index is 1120. The van der Waals surface area contributed by atoms with Crippen molar-refractivity contribution in [2.45, 2.75) is 24.4 Å². The number of nitrogens with zero attached hydrogens (tertiary/aromatic N) is 2. The lowest BCUT2D eigenvalue weighted by atomic mass is 10.0. The maximum Gasteiger partial charge on any atom is 0.266 e. The van der Waals surface area contributed by atoms with E-state index < -0.39 is 20.7 Å². The van der Waals surface area contributed by atoms with E-state index in [1.54, 1.807) is 5.38 Å². The van der Waals surface area contributed by atoms with Crippen molar-refractivity contribution in [3.8, 4) is 0 Å². The van der Waals surface area contributed by atoms with Gasteiger partial charge in [-0.25, -0.2) is 17.8 Å². The van der Waals surface area contributed by atoms with E-state index in [0.29, 0.717) is 5.69 Å². The standard InChI is InChI=1S/C20H22ClFN4O2S2/c1-13(15-7-5-4-6-14(15)12-26(2)3)24-18-11-17(22)19(10-16(18)21)30(27,28)25-20-23-8-9-29-20/h4-11,13,24H,12H2,1-3H3,(H,23,25). The summed E-state index contributed by atoms with van der Waals surface area (Å²) in [7, 11) is -0.177. The van der Waals surface area contributed by atoms with Crippen molar-refractivity contribution in [3.05, 3.63) is 69.9 Å². The third-order valence-electron chi connectivity index (χ3n) is 4.35. The lowest BCUT2D eigenvalue weighted by molar-refractivity contribution is 0.400. The maximum absolute atomic E-state index is 14.7. The number of aromatic nitrogens is 1. The first-order valence-corrected chi connectivity index (χ1v) is 11.8. The zero-order valence-corrected chi connectivity index (χ0v) is 19.1. The number of rotatable bonds is 8. The molecule has 10 heteroatoms. The predicted octanol–water partition coefficient (Wildman–Crippen LogP) is 4.97. The molecule has 0 aliphatic heterocycles. The van der Waals surface area contributed by atoms with Gasteiger partial charge in [-0.2, -0.15) is 0 Å². The average Bonchev–Trinajstić information content (AvgIpc) is 3.16. The highest BCUT2D eigenvalue weighted by Crippen LogP contribution is 2.32. The Balaban J connectivity index is 1.86. The molecule has 0 spiro atoms. The third-order valence-corrected chi connectivity index (χ3v) is 6.83. The summed E-state index contributed by atoms with van der Waals surface area (Å²) in [5.41, 5.74) is 2.49. The largest absolute Gasteiger partial charge is 0.377 e. The molecule has 0 amide bonds. The van der Waals surface area contributed by atoms with Crippen LogP contribution in [0.2, 0.25) is 5.02 Å². The quantitative estimate of drug-likeness (QED) is 0.488. The highest BCUT2D eigenvalue weighted by molar-refractivity contribution is 7.93. The van der Waals surface area contributed by atoms with Crippen molar-refractivity contribution in [1.82, 2.24) is 9.88 Å². The summed E-state index contributed by atoms with van der Waals surface area (Å²) in [6.07, 6.45) is 1.45. The fourth-order valence-corrected chi connectivity index (χ4v) is 5.20. The molecule has 0 saturated carbocycles. The topological polar surface area (TPSA) is 74.3 Å². The van der Waals surface area contributed by atoms with E-state index in [1.807, 2.05) is 45.3 Å². The summed E-state index contributed by atoms with van der Waals surface area (Å²) < 4.78 is 42.0. The van der Waals surface area contributed by atoms with Crippen LogP contribution in [0.5, 0.6) is 0 Å². The molecule has 0 aliphatic carbocycles. The van der Waals surface area contributed by atoms with E-state index in [0.717, 1.165) is 41.1 Å². The Morgan fingerprint density at radius 2 is 2.00 bits per heavy atom. The molecule has 1 atom stereocenters. The molecule has 0 radical (unpaired) electrons. The van der Waals surface area contributed by atoms with Gasteiger partial charge in [0.1, 0.15) is 10.7 Å². The van der Waals surface area contributed by atoms with Gasteiger partial charge in [-0.15, -0.1) is 11.3 Å². The third kappa shape index (κ3) is 5.28. The van der Waals surface area contributed by atoms with E-state index in [-0.39, 0.29) is 16.2 Å². The lowest BCUT2D eigenvalue weighted by Crippen LogP contribution is -2.17. The van der Waals surface area contributed by atoms with Gasteiger partial charge in [-0.05, 0) is 44.3 Å². The number of thiazole rings is 1. The van der Waals surface area contributed by atoms with Gasteiger partial charge in [0.05, 0.1) is 10.7 Å². The number of sulfonamides is 1. The molecule has 3 rings (SSSR count). The van der Waals surface area contributed by atoms with Crippen LogP contribution in [0.25, 0.3) is 0 Å². The van der Waals surface area contributed by atoms with Crippen molar-refractivity contribution in [1.29, 1.82) is 0 Å². The van der Waals surface area contributed by atoms with Gasteiger partial charge < -0.3 is 10.2 Å². The van der Waals surface area contributed by atoms with Crippen LogP contribution in [-0.2, 0) is 16.6 Å². The highest BCUT2D eigenvalue weighted by Gasteiger charge is 2.23. The Hall–Kier alpha value is -2.20. The van der Waals surface area contributed by atoms with Crippen molar-refractivity contribution in [2.75, 3.05) is 24.1 Å². The second-order valence-corrected chi connectivity index (χ2v) is 9.96. The van der Waals surface area contributed by atoms with Crippen LogP contribution in [0.1, 0.15) is 24.1 Å². The van der Waals surface area contributed by atoms with Crippen LogP contribution in [-0.4, -0.2) is 32.4 Å². The monoisotopic (exact) mass is 468 g/mol. The van der Waals surface area contributed by atoms with Gasteiger partial charge in [0.15, 0.2) is 5.13 Å². The van der Waals surface area contributed by atoms with Gasteiger partial charge in [0, 0.05) is 24.2 Å². The molecule has 30 heavy (non-hydrogen) atoms. The van der Waals surface area contributed by atoms with Crippen molar-refractivity contribution in [3.63, 3.8) is 0 Å². The summed E-state index contributed by atoms with van der Waals surface area (Å²) in [4.78, 5) is 5.38. The number of benzene rings is 2. The molecule has 1 unspecified atom stereocenters. The van der Waals surface area contributed by atoms with E-state index in [4.69, 9.17) is 11.6 Å². The van der Waals surface area contributed by atoms with Gasteiger partial charge in [-0.1, -0.05) is 35.9 Å². The van der Waals surface area contributed by atoms with Gasteiger partial charge >= 0.3 is 0 Å². The SMILES string of the molecule is CC(Nc1cc(F)c(S(=O)(=O)Nc2nccs2)cc1Cl)c1ccccc1CN(C)C. The average molecular weight is 469 g/mol. The van der Waals surface area contributed by atoms with Crippen LogP contribution in [0, 0.1) is 5.82 Å². The van der Waals surface area contributed by atoms with Crippen LogP contribution >= 0.6 is 22.9 Å². The van der Waals surface area contributed by atoms with Gasteiger partial charge in [0.25, 0.3) is 10.0 Å². The molecule has 160 valence electrons. The van der Waals surface area contributed by atoms with Crippen molar-refractivity contribution < 1.29 is 12.8 Å². The Labute approximate surface area is 184 Å². The molecular formula is C20H22ClFN4O2S2. The number of halogens is 2. The van der Waals surface area contributed by atoms with E-state index in [1.165, 1.54) is 6.20 Å². The summed E-state index contributed by atoms with van der Waals surface area (Å²) in [5, 5.41) is 5.06. The van der Waals surface area contributed by atoms with Crippen molar-refractivity contribution >= 4 is 43.8 Å². The molecule has 0 aliphatic rings. The summed E-state index contributed by atoms with van der Waals surface area (Å²) >= 11 is 7.40. The van der Waals surface area contributed by atoms with Crippen LogP contribution in [0.15, 0.2) is 52.9 Å². The number of hydrogen-bond donors (Lipinski definition) is 2. The molecule has 1 heterocycles. The minimum absolute atomic E-state index is 0.104. The van der Waals surface area contributed by atoms with Gasteiger partial charge in [-0.3, -0.25) is 4.72 Å². The highest BCUT2D eigenvalue weighted by atomic mass is 35.5. The number of hydrogen-bond acceptors (Lipinski definition) is 6. The predicted molar refractivity (Wildman–Crippen MR) is 120 cm³/mol. The normalized spacial score (nSPS) is 12.7. The second-order valence-electron chi connectivity index (χ2n) is 7.01. The summed E-state index contributed by atoms with van der Waals surface area (Å²) in [6.45, 7) is 2.70. The smallest absolute Gasteiger partial charge is 0.266 e. The van der Waals surface area contributed by atoms with Crippen LogP contribution in [0.3, 0.4) is 0 Å². The molecule has 6 nitrogen and oxygen atoms in total. The molecule has 0 fully saturated rings. The van der Waals surface area contributed by atoms with Crippen LogP contribution < -0.4 is 10.0 Å². The van der Waals surface area contributed by atoms with E-state index in [9.17, 15) is 12.8 Å². The van der Waals surface area contributed by atoms with Crippen molar-refractivity contribution in [2.24, 2.45) is 0 Å². The first-order valence-electron chi connectivity index (χ1n) is 9.08. The Morgan fingerprint density at radius 3 is 2.67 bits per heavy atom. The second kappa shape index (κ2) is 9.30. The van der Waals surface area contributed by atoms with E-state index >= 15 is 0 Å². The Morgan fingerprint density at radius 1 is 1.27 bits per heavy atom. The molecule has 0 bridgehead atoms. The van der Waals surface area contributed by atoms with E-state index in [2.05, 4.69) is 19.9 Å². The summed E-state index contributed by atoms with van der Waals surface area (Å²) in [6, 6.07) is 9.98. The molecule has 0 saturated heterocycles. The Kier molecular flexibility index (Phi) is 6.97. The molecular weight excluding hydrogens is 447 g/mol. The zero-order chi connectivity index (χ0) is 21.9. The maximum atomic E-state index is 14.7. The number of nitrogens with one attached hydrogen (secondary N) is 2. The fraction of sp³-hybridized carbons (Fsp3) is 0.250. The summed E-state index contributed by atoms with van der Waals surface area (Å²) in [5.74, 6) is -0.903. The number of anilines is 2. The minimum Gasteiger partial charge on any atom is -0.377 e. The first-order chi connectivity index (χ1) is 14.2. The molecule has 3 aromatic rings. The fourth-order valence-electron chi connectivity index (χ4n) is 3.04. The first kappa shape index (κ1) is 22.5. The lowest BCUT2D eigenvalue weighted by Gasteiger charge is -2.22. The van der Waals surface area contributed by atoms with Gasteiger partial charge in [0.2, 0.25) is 0 Å². The molecule has 2 aromatic carbocycles. The molecule has 2 N–H and O–H groups in total. The minimum atomic E-state index is -4.15. The zero-order valence-electron chi connectivity index (χ0n) is 16.7. The molecule has 1 aromatic heterocycles. The van der Waals surface area contributed by atoms with Crippen LogP contribution in [0.4, 0.5) is 15.2 Å².